The van der Waals surface area contributed by atoms with Crippen molar-refractivity contribution in [1.29, 1.82) is 0 Å². The van der Waals surface area contributed by atoms with Crippen LogP contribution in [0.5, 0.6) is 0 Å². The molecule has 5 nitrogen and oxygen atoms in total. The third kappa shape index (κ3) is 2.32. The SMILES string of the molecule is Nc1nc2c(C3Cc4nc(Cl)nc(Cl)c4CO3)cccc2s1. The number of anilines is 1. The van der Waals surface area contributed by atoms with Crippen LogP contribution in [0.3, 0.4) is 0 Å². The van der Waals surface area contributed by atoms with E-state index >= 15 is 0 Å². The molecular formula is C14H10Cl2N4OS. The molecule has 0 saturated heterocycles. The monoisotopic (exact) mass is 352 g/mol. The summed E-state index contributed by atoms with van der Waals surface area (Å²) in [6.45, 7) is 0.353. The minimum atomic E-state index is -0.153. The molecule has 2 aromatic heterocycles. The summed E-state index contributed by atoms with van der Waals surface area (Å²) in [6, 6.07) is 5.98. The molecule has 1 aliphatic rings. The summed E-state index contributed by atoms with van der Waals surface area (Å²) in [7, 11) is 0. The highest BCUT2D eigenvalue weighted by Crippen LogP contribution is 2.37. The van der Waals surface area contributed by atoms with E-state index in [4.69, 9.17) is 33.7 Å². The van der Waals surface area contributed by atoms with Gasteiger partial charge >= 0.3 is 0 Å². The highest BCUT2D eigenvalue weighted by Gasteiger charge is 2.26. The summed E-state index contributed by atoms with van der Waals surface area (Å²) in [5.41, 5.74) is 9.32. The fraction of sp³-hybridized carbons (Fsp3) is 0.214. The van der Waals surface area contributed by atoms with Crippen molar-refractivity contribution >= 4 is 49.9 Å². The zero-order chi connectivity index (χ0) is 15.3. The minimum absolute atomic E-state index is 0.153. The Bertz CT molecular complexity index is 883. The smallest absolute Gasteiger partial charge is 0.224 e. The van der Waals surface area contributed by atoms with E-state index in [2.05, 4.69) is 15.0 Å². The number of rotatable bonds is 1. The second-order valence-corrected chi connectivity index (χ2v) is 6.72. The summed E-state index contributed by atoms with van der Waals surface area (Å²) in [5.74, 6) is 0. The molecule has 0 amide bonds. The van der Waals surface area contributed by atoms with Gasteiger partial charge in [-0.25, -0.2) is 15.0 Å². The predicted octanol–water partition coefficient (Wildman–Crippen LogP) is 3.79. The van der Waals surface area contributed by atoms with E-state index in [-0.39, 0.29) is 11.4 Å². The Morgan fingerprint density at radius 2 is 2.09 bits per heavy atom. The first-order valence-corrected chi connectivity index (χ1v) is 8.16. The van der Waals surface area contributed by atoms with Crippen molar-refractivity contribution in [3.63, 3.8) is 0 Å². The summed E-state index contributed by atoms with van der Waals surface area (Å²) in [5, 5.41) is 1.05. The van der Waals surface area contributed by atoms with Gasteiger partial charge in [0.2, 0.25) is 5.28 Å². The van der Waals surface area contributed by atoms with Crippen molar-refractivity contribution in [3.8, 4) is 0 Å². The summed E-state index contributed by atoms with van der Waals surface area (Å²) < 4.78 is 6.99. The van der Waals surface area contributed by atoms with Crippen LogP contribution in [0.15, 0.2) is 18.2 Å². The molecule has 0 bridgehead atoms. The molecule has 0 saturated carbocycles. The summed E-state index contributed by atoms with van der Waals surface area (Å²) in [4.78, 5) is 12.6. The number of nitrogens with two attached hydrogens (primary N) is 1. The Morgan fingerprint density at radius 1 is 1.23 bits per heavy atom. The third-order valence-corrected chi connectivity index (χ3v) is 4.97. The molecule has 8 heteroatoms. The molecule has 0 spiro atoms. The number of halogens is 2. The summed E-state index contributed by atoms with van der Waals surface area (Å²) >= 11 is 13.5. The van der Waals surface area contributed by atoms with Crippen LogP contribution >= 0.6 is 34.5 Å². The molecule has 112 valence electrons. The fourth-order valence-corrected chi connectivity index (χ4v) is 3.89. The maximum Gasteiger partial charge on any atom is 0.224 e. The number of nitrogens with zero attached hydrogens (tertiary/aromatic N) is 3. The van der Waals surface area contributed by atoms with E-state index in [0.29, 0.717) is 23.3 Å². The topological polar surface area (TPSA) is 73.9 Å². The molecule has 1 aromatic carbocycles. The van der Waals surface area contributed by atoms with Crippen LogP contribution < -0.4 is 5.73 Å². The number of nitrogen functional groups attached to an aromatic ring is 1. The number of ether oxygens (including phenoxy) is 1. The van der Waals surface area contributed by atoms with Gasteiger partial charge in [-0.15, -0.1) is 0 Å². The van der Waals surface area contributed by atoms with Crippen molar-refractivity contribution in [3.05, 3.63) is 45.5 Å². The van der Waals surface area contributed by atoms with Gasteiger partial charge in [0, 0.05) is 17.5 Å². The van der Waals surface area contributed by atoms with E-state index in [9.17, 15) is 0 Å². The zero-order valence-electron chi connectivity index (χ0n) is 11.2. The van der Waals surface area contributed by atoms with Crippen molar-refractivity contribution in [2.45, 2.75) is 19.1 Å². The van der Waals surface area contributed by atoms with Crippen LogP contribution in [0.2, 0.25) is 10.4 Å². The highest BCUT2D eigenvalue weighted by molar-refractivity contribution is 7.22. The van der Waals surface area contributed by atoms with Gasteiger partial charge < -0.3 is 10.5 Å². The average Bonchev–Trinajstić information content (AvgIpc) is 2.86. The van der Waals surface area contributed by atoms with Crippen molar-refractivity contribution < 1.29 is 4.74 Å². The molecule has 1 unspecified atom stereocenters. The second kappa shape index (κ2) is 5.31. The van der Waals surface area contributed by atoms with Gasteiger partial charge in [-0.3, -0.25) is 0 Å². The molecule has 3 heterocycles. The van der Waals surface area contributed by atoms with Gasteiger partial charge in [0.15, 0.2) is 5.13 Å². The molecule has 1 atom stereocenters. The normalized spacial score (nSPS) is 17.6. The van der Waals surface area contributed by atoms with Crippen molar-refractivity contribution in [2.24, 2.45) is 0 Å². The van der Waals surface area contributed by atoms with Gasteiger partial charge in [-0.2, -0.15) is 0 Å². The van der Waals surface area contributed by atoms with Crippen LogP contribution in [0.1, 0.15) is 22.9 Å². The van der Waals surface area contributed by atoms with E-state index in [1.807, 2.05) is 18.2 Å². The fourth-order valence-electron chi connectivity index (χ4n) is 2.65. The number of para-hydroxylation sites is 1. The molecule has 0 aliphatic carbocycles. The van der Waals surface area contributed by atoms with Crippen LogP contribution in [-0.2, 0) is 17.8 Å². The van der Waals surface area contributed by atoms with Gasteiger partial charge in [0.05, 0.1) is 28.6 Å². The molecule has 0 radical (unpaired) electrons. The molecule has 4 rings (SSSR count). The average molecular weight is 353 g/mol. The Kier molecular flexibility index (Phi) is 3.41. The van der Waals surface area contributed by atoms with Gasteiger partial charge in [0.1, 0.15) is 5.15 Å². The number of thiazole rings is 1. The molecule has 3 aromatic rings. The van der Waals surface area contributed by atoms with Crippen LogP contribution in [0.4, 0.5) is 5.13 Å². The number of fused-ring (bicyclic) bond motifs is 2. The molecular weight excluding hydrogens is 343 g/mol. The first-order valence-electron chi connectivity index (χ1n) is 6.59. The van der Waals surface area contributed by atoms with E-state index in [1.54, 1.807) is 0 Å². The molecule has 2 N–H and O–H groups in total. The number of hydrogen-bond acceptors (Lipinski definition) is 6. The lowest BCUT2D eigenvalue weighted by molar-refractivity contribution is 0.0266. The summed E-state index contributed by atoms with van der Waals surface area (Å²) in [6.07, 6.45) is 0.424. The maximum atomic E-state index is 6.10. The second-order valence-electron chi connectivity index (χ2n) is 4.96. The quantitative estimate of drug-likeness (QED) is 0.532. The first kappa shape index (κ1) is 14.1. The minimum Gasteiger partial charge on any atom is -0.375 e. The number of benzene rings is 1. The third-order valence-electron chi connectivity index (χ3n) is 3.64. The van der Waals surface area contributed by atoms with E-state index < -0.39 is 0 Å². The largest absolute Gasteiger partial charge is 0.375 e. The lowest BCUT2D eigenvalue weighted by Gasteiger charge is -2.25. The zero-order valence-corrected chi connectivity index (χ0v) is 13.5. The van der Waals surface area contributed by atoms with Gasteiger partial charge in [-0.05, 0) is 17.7 Å². The first-order chi connectivity index (χ1) is 10.6. The van der Waals surface area contributed by atoms with Crippen LogP contribution in [0.25, 0.3) is 10.2 Å². The Hall–Kier alpha value is -1.47. The highest BCUT2D eigenvalue weighted by atomic mass is 35.5. The molecule has 22 heavy (non-hydrogen) atoms. The predicted molar refractivity (Wildman–Crippen MR) is 87.3 cm³/mol. The van der Waals surface area contributed by atoms with E-state index in [1.165, 1.54) is 11.3 Å². The Balaban J connectivity index is 1.78. The Labute approximate surface area is 140 Å². The van der Waals surface area contributed by atoms with Crippen molar-refractivity contribution in [2.75, 3.05) is 5.73 Å². The lowest BCUT2D eigenvalue weighted by Crippen LogP contribution is -2.18. The standard InChI is InChI=1S/C14H10Cl2N4OS/c15-12-7-5-21-9(4-8(7)18-13(16)20-12)6-2-1-3-10-11(6)19-14(17)22-10/h1-3,9H,4-5H2,(H2,17,19). The Morgan fingerprint density at radius 3 is 2.95 bits per heavy atom. The number of hydrogen-bond donors (Lipinski definition) is 1. The van der Waals surface area contributed by atoms with Crippen LogP contribution in [-0.4, -0.2) is 15.0 Å². The van der Waals surface area contributed by atoms with Gasteiger partial charge in [-0.1, -0.05) is 35.1 Å². The lowest BCUT2D eigenvalue weighted by atomic mass is 9.99. The van der Waals surface area contributed by atoms with Crippen molar-refractivity contribution in [1.82, 2.24) is 15.0 Å². The maximum absolute atomic E-state index is 6.10. The van der Waals surface area contributed by atoms with Crippen LogP contribution in [0, 0.1) is 0 Å². The number of aromatic nitrogens is 3. The molecule has 1 aliphatic heterocycles. The van der Waals surface area contributed by atoms with E-state index in [0.717, 1.165) is 27.0 Å². The van der Waals surface area contributed by atoms with Gasteiger partial charge in [0.25, 0.3) is 0 Å². The molecule has 0 fully saturated rings.